The van der Waals surface area contributed by atoms with E-state index in [2.05, 4.69) is 34.9 Å². The van der Waals surface area contributed by atoms with Gasteiger partial charge in [-0.2, -0.15) is 18.2 Å². The fraction of sp³-hybridized carbons (Fsp3) is 0.250. The Morgan fingerprint density at radius 2 is 1.96 bits per heavy atom. The number of nitrogens with zero attached hydrogens (tertiary/aromatic N) is 5. The summed E-state index contributed by atoms with van der Waals surface area (Å²) in [6.45, 7) is 2.63. The van der Waals surface area contributed by atoms with E-state index >= 15 is 0 Å². The van der Waals surface area contributed by atoms with Gasteiger partial charge < -0.3 is 9.84 Å². The van der Waals surface area contributed by atoms with Crippen LogP contribution in [0.5, 0.6) is 0 Å². The van der Waals surface area contributed by atoms with Gasteiger partial charge in [-0.15, -0.1) is 0 Å². The van der Waals surface area contributed by atoms with Crippen LogP contribution in [0.1, 0.15) is 30.6 Å². The lowest BCUT2D eigenvalue weighted by molar-refractivity contribution is -0.159. The maximum atomic E-state index is 12.6. The van der Waals surface area contributed by atoms with Crippen LogP contribution in [-0.2, 0) is 6.18 Å². The molecule has 0 saturated carbocycles. The predicted molar refractivity (Wildman–Crippen MR) is 89.3 cm³/mol. The van der Waals surface area contributed by atoms with E-state index in [1.807, 2.05) is 6.92 Å². The molecule has 3 aromatic rings. The molecule has 0 saturated heterocycles. The van der Waals surface area contributed by atoms with Crippen molar-refractivity contribution in [3.05, 3.63) is 48.0 Å². The average Bonchev–Trinajstić information content (AvgIpc) is 3.17. The molecule has 2 N–H and O–H groups in total. The molecule has 0 amide bonds. The van der Waals surface area contributed by atoms with Gasteiger partial charge in [-0.25, -0.2) is 9.97 Å². The molecule has 0 aliphatic heterocycles. The third kappa shape index (κ3) is 4.07. The molecule has 0 spiro atoms. The zero-order valence-corrected chi connectivity index (χ0v) is 14.1. The summed E-state index contributed by atoms with van der Waals surface area (Å²) < 4.78 is 42.1. The van der Waals surface area contributed by atoms with E-state index in [0.717, 1.165) is 6.42 Å². The Morgan fingerprint density at radius 1 is 1.19 bits per heavy atom. The lowest BCUT2D eigenvalue weighted by Gasteiger charge is -2.10. The molecule has 3 heterocycles. The molecular formula is C16H14F3N7O. The molecule has 0 aromatic carbocycles. The zero-order chi connectivity index (χ0) is 19.4. The van der Waals surface area contributed by atoms with Gasteiger partial charge in [0.1, 0.15) is 11.4 Å². The normalized spacial score (nSPS) is 11.4. The maximum Gasteiger partial charge on any atom is 0.471 e. The second-order valence-electron chi connectivity index (χ2n) is 5.41. The Balaban J connectivity index is 1.92. The topological polar surface area (TPSA) is 113 Å². The number of pyridine rings is 1. The molecule has 8 nitrogen and oxygen atoms in total. The van der Waals surface area contributed by atoms with Crippen molar-refractivity contribution in [1.29, 1.82) is 5.41 Å². The van der Waals surface area contributed by atoms with Crippen LogP contribution in [0.3, 0.4) is 0 Å². The van der Waals surface area contributed by atoms with Gasteiger partial charge in [-0.05, 0) is 18.6 Å². The molecular weight excluding hydrogens is 363 g/mol. The number of halogens is 3. The zero-order valence-electron chi connectivity index (χ0n) is 14.1. The Kier molecular flexibility index (Phi) is 5.10. The molecule has 0 unspecified atom stereocenters. The van der Waals surface area contributed by atoms with Crippen LogP contribution in [0.25, 0.3) is 11.4 Å². The van der Waals surface area contributed by atoms with Gasteiger partial charge in [0, 0.05) is 30.7 Å². The standard InChI is InChI=1S/C16H14F3N7O/c1-2-4-23-14-12(22-6-7-24-14)11(20)10-8-9(3-5-21-10)13-25-15(27-26-13)16(17,18)19/h3,5-8,20H,2,4H2,1H3,(H,23,24). The number of hydrogen-bond donors (Lipinski definition) is 2. The van der Waals surface area contributed by atoms with Crippen LogP contribution in [-0.4, -0.2) is 37.3 Å². The summed E-state index contributed by atoms with van der Waals surface area (Å²) in [4.78, 5) is 15.8. The van der Waals surface area contributed by atoms with Gasteiger partial charge in [-0.3, -0.25) is 10.4 Å². The summed E-state index contributed by atoms with van der Waals surface area (Å²) in [6.07, 6.45) is 0.415. The third-order valence-corrected chi connectivity index (χ3v) is 3.42. The van der Waals surface area contributed by atoms with E-state index < -0.39 is 12.1 Å². The van der Waals surface area contributed by atoms with Crippen LogP contribution < -0.4 is 5.32 Å². The van der Waals surface area contributed by atoms with E-state index in [0.29, 0.717) is 12.4 Å². The van der Waals surface area contributed by atoms with Crippen molar-refractivity contribution in [3.8, 4) is 11.4 Å². The molecule has 11 heteroatoms. The summed E-state index contributed by atoms with van der Waals surface area (Å²) in [7, 11) is 0. The lowest BCUT2D eigenvalue weighted by Crippen LogP contribution is -2.13. The van der Waals surface area contributed by atoms with E-state index in [4.69, 9.17) is 5.41 Å². The minimum Gasteiger partial charge on any atom is -0.368 e. The second kappa shape index (κ2) is 7.48. The quantitative estimate of drug-likeness (QED) is 0.634. The number of nitrogens with one attached hydrogen (secondary N) is 2. The summed E-state index contributed by atoms with van der Waals surface area (Å²) in [5, 5.41) is 14.8. The molecule has 3 rings (SSSR count). The van der Waals surface area contributed by atoms with E-state index in [9.17, 15) is 13.2 Å². The summed E-state index contributed by atoms with van der Waals surface area (Å²) in [6, 6.07) is 2.82. The van der Waals surface area contributed by atoms with Gasteiger partial charge in [-0.1, -0.05) is 12.1 Å². The van der Waals surface area contributed by atoms with Gasteiger partial charge in [0.25, 0.3) is 0 Å². The highest BCUT2D eigenvalue weighted by molar-refractivity contribution is 6.11. The average molecular weight is 377 g/mol. The molecule has 0 aliphatic carbocycles. The highest BCUT2D eigenvalue weighted by atomic mass is 19.4. The Bertz CT molecular complexity index is 955. The highest BCUT2D eigenvalue weighted by Crippen LogP contribution is 2.29. The van der Waals surface area contributed by atoms with Gasteiger partial charge in [0.2, 0.25) is 5.82 Å². The van der Waals surface area contributed by atoms with Gasteiger partial charge in [0.05, 0.1) is 5.69 Å². The first-order valence-corrected chi connectivity index (χ1v) is 7.91. The number of aromatic nitrogens is 5. The fourth-order valence-corrected chi connectivity index (χ4v) is 2.18. The molecule has 140 valence electrons. The molecule has 0 radical (unpaired) electrons. The molecule has 0 atom stereocenters. The number of alkyl halides is 3. The van der Waals surface area contributed by atoms with E-state index in [1.165, 1.54) is 30.7 Å². The molecule has 0 bridgehead atoms. The first-order chi connectivity index (χ1) is 12.9. The molecule has 0 aliphatic rings. The number of anilines is 1. The van der Waals surface area contributed by atoms with Crippen molar-refractivity contribution in [3.63, 3.8) is 0 Å². The van der Waals surface area contributed by atoms with Crippen LogP contribution in [0.15, 0.2) is 35.2 Å². The first kappa shape index (κ1) is 18.4. The van der Waals surface area contributed by atoms with Gasteiger partial charge >= 0.3 is 12.1 Å². The van der Waals surface area contributed by atoms with E-state index in [1.54, 1.807) is 0 Å². The highest BCUT2D eigenvalue weighted by Gasteiger charge is 2.38. The van der Waals surface area contributed by atoms with Crippen LogP contribution in [0.4, 0.5) is 19.0 Å². The van der Waals surface area contributed by atoms with Crippen LogP contribution in [0.2, 0.25) is 0 Å². The summed E-state index contributed by atoms with van der Waals surface area (Å²) in [5.41, 5.74) is 0.657. The Morgan fingerprint density at radius 3 is 2.67 bits per heavy atom. The third-order valence-electron chi connectivity index (χ3n) is 3.42. The smallest absolute Gasteiger partial charge is 0.368 e. The maximum absolute atomic E-state index is 12.6. The minimum absolute atomic E-state index is 0.0388. The Labute approximate surface area is 151 Å². The van der Waals surface area contributed by atoms with Crippen molar-refractivity contribution >= 4 is 11.5 Å². The summed E-state index contributed by atoms with van der Waals surface area (Å²) >= 11 is 0. The second-order valence-corrected chi connectivity index (χ2v) is 5.41. The van der Waals surface area contributed by atoms with Gasteiger partial charge in [0.15, 0.2) is 5.82 Å². The first-order valence-electron chi connectivity index (χ1n) is 7.91. The van der Waals surface area contributed by atoms with Crippen molar-refractivity contribution in [1.82, 2.24) is 25.1 Å². The monoisotopic (exact) mass is 377 g/mol. The fourth-order valence-electron chi connectivity index (χ4n) is 2.18. The van der Waals surface area contributed by atoms with Crippen LogP contribution >= 0.6 is 0 Å². The number of rotatable bonds is 6. The molecule has 3 aromatic heterocycles. The SMILES string of the molecule is CCCNc1nccnc1C(=N)c1cc(-c2noc(C(F)(F)F)n2)ccn1. The predicted octanol–water partition coefficient (Wildman–Crippen LogP) is 3.18. The number of hydrogen-bond acceptors (Lipinski definition) is 8. The van der Waals surface area contributed by atoms with Crippen molar-refractivity contribution in [2.75, 3.05) is 11.9 Å². The van der Waals surface area contributed by atoms with Crippen molar-refractivity contribution in [2.24, 2.45) is 0 Å². The van der Waals surface area contributed by atoms with Crippen LogP contribution in [0, 0.1) is 5.41 Å². The minimum atomic E-state index is -4.73. The lowest BCUT2D eigenvalue weighted by atomic mass is 10.1. The molecule has 27 heavy (non-hydrogen) atoms. The van der Waals surface area contributed by atoms with Crippen molar-refractivity contribution in [2.45, 2.75) is 19.5 Å². The summed E-state index contributed by atoms with van der Waals surface area (Å²) in [5.74, 6) is -1.26. The molecule has 0 fully saturated rings. The van der Waals surface area contributed by atoms with Crippen molar-refractivity contribution < 1.29 is 17.7 Å². The largest absolute Gasteiger partial charge is 0.471 e. The van der Waals surface area contributed by atoms with E-state index in [-0.39, 0.29) is 28.5 Å². The Hall–Kier alpha value is -3.37.